The Balaban J connectivity index is 1.95. The highest BCUT2D eigenvalue weighted by Crippen LogP contribution is 2.24. The van der Waals surface area contributed by atoms with E-state index in [1.165, 1.54) is 77.4 Å². The molecule has 0 radical (unpaired) electrons. The van der Waals surface area contributed by atoms with Crippen LogP contribution in [0.4, 0.5) is 0 Å². The van der Waals surface area contributed by atoms with E-state index in [9.17, 15) is 0 Å². The highest BCUT2D eigenvalue weighted by Gasteiger charge is 2.14. The van der Waals surface area contributed by atoms with Crippen LogP contribution in [0.3, 0.4) is 0 Å². The fourth-order valence-corrected chi connectivity index (χ4v) is 3.23. The fourth-order valence-electron chi connectivity index (χ4n) is 3.23. The first-order valence-corrected chi connectivity index (χ1v) is 8.64. The number of nitrogens with zero attached hydrogens (tertiary/aromatic N) is 1. The highest BCUT2D eigenvalue weighted by atomic mass is 15.1. The molecule has 1 aliphatic carbocycles. The molecule has 0 bridgehead atoms. The molecule has 1 rings (SSSR count). The summed E-state index contributed by atoms with van der Waals surface area (Å²) >= 11 is 0. The van der Waals surface area contributed by atoms with Gasteiger partial charge in [0.1, 0.15) is 0 Å². The van der Waals surface area contributed by atoms with Crippen LogP contribution < -0.4 is 5.32 Å². The smallest absolute Gasteiger partial charge is 0.00387 e. The van der Waals surface area contributed by atoms with Crippen LogP contribution in [0.2, 0.25) is 0 Å². The topological polar surface area (TPSA) is 15.3 Å². The van der Waals surface area contributed by atoms with Crippen LogP contribution in [0.1, 0.15) is 71.6 Å². The second-order valence-corrected chi connectivity index (χ2v) is 6.62. The van der Waals surface area contributed by atoms with Crippen molar-refractivity contribution in [3.05, 3.63) is 0 Å². The molecule has 0 amide bonds. The molecule has 0 aliphatic heterocycles. The van der Waals surface area contributed by atoms with E-state index < -0.39 is 0 Å². The summed E-state index contributed by atoms with van der Waals surface area (Å²) < 4.78 is 0. The molecule has 0 heterocycles. The Morgan fingerprint density at radius 1 is 1.16 bits per heavy atom. The quantitative estimate of drug-likeness (QED) is 0.601. The van der Waals surface area contributed by atoms with Gasteiger partial charge in [-0.1, -0.05) is 32.6 Å². The molecule has 1 unspecified atom stereocenters. The summed E-state index contributed by atoms with van der Waals surface area (Å²) in [5, 5.41) is 3.57. The summed E-state index contributed by atoms with van der Waals surface area (Å²) in [7, 11) is 2.31. The largest absolute Gasteiger partial charge is 0.314 e. The molecule has 2 nitrogen and oxygen atoms in total. The van der Waals surface area contributed by atoms with E-state index in [1.807, 2.05) is 0 Å². The van der Waals surface area contributed by atoms with Crippen LogP contribution in [-0.4, -0.2) is 37.6 Å². The van der Waals surface area contributed by atoms with Crippen molar-refractivity contribution in [3.8, 4) is 0 Å². The maximum atomic E-state index is 3.57. The van der Waals surface area contributed by atoms with Crippen LogP contribution in [0.5, 0.6) is 0 Å². The van der Waals surface area contributed by atoms with E-state index in [2.05, 4.69) is 31.1 Å². The van der Waals surface area contributed by atoms with Crippen LogP contribution >= 0.6 is 0 Å². The molecule has 1 atom stereocenters. The lowest BCUT2D eigenvalue weighted by Gasteiger charge is -2.27. The zero-order valence-electron chi connectivity index (χ0n) is 13.6. The number of unbranched alkanes of at least 4 members (excludes halogenated alkanes) is 1. The first-order valence-electron chi connectivity index (χ1n) is 8.64. The minimum atomic E-state index is 0.698. The third kappa shape index (κ3) is 8.65. The van der Waals surface area contributed by atoms with Crippen LogP contribution in [0, 0.1) is 5.92 Å². The van der Waals surface area contributed by atoms with Crippen molar-refractivity contribution >= 4 is 0 Å². The molecule has 1 fully saturated rings. The van der Waals surface area contributed by atoms with Gasteiger partial charge in [0.05, 0.1) is 0 Å². The van der Waals surface area contributed by atoms with E-state index in [4.69, 9.17) is 0 Å². The second-order valence-electron chi connectivity index (χ2n) is 6.62. The Hall–Kier alpha value is -0.0800. The first kappa shape index (κ1) is 17.0. The van der Waals surface area contributed by atoms with Crippen LogP contribution in [0.15, 0.2) is 0 Å². The van der Waals surface area contributed by atoms with Crippen molar-refractivity contribution < 1.29 is 0 Å². The van der Waals surface area contributed by atoms with Gasteiger partial charge in [-0.25, -0.2) is 0 Å². The van der Waals surface area contributed by atoms with Gasteiger partial charge in [0, 0.05) is 12.6 Å². The molecule has 19 heavy (non-hydrogen) atoms. The van der Waals surface area contributed by atoms with Crippen LogP contribution in [0.25, 0.3) is 0 Å². The van der Waals surface area contributed by atoms with Gasteiger partial charge in [-0.3, -0.25) is 0 Å². The normalized spacial score (nSPS) is 18.9. The number of rotatable bonds is 10. The molecule has 0 aromatic carbocycles. The Labute approximate surface area is 121 Å². The van der Waals surface area contributed by atoms with Gasteiger partial charge in [0.25, 0.3) is 0 Å². The minimum Gasteiger partial charge on any atom is -0.314 e. The molecule has 0 aromatic rings. The zero-order valence-corrected chi connectivity index (χ0v) is 13.6. The summed E-state index contributed by atoms with van der Waals surface area (Å²) in [6.45, 7) is 8.35. The predicted molar refractivity (Wildman–Crippen MR) is 85.7 cm³/mol. The van der Waals surface area contributed by atoms with Gasteiger partial charge in [-0.15, -0.1) is 0 Å². The van der Waals surface area contributed by atoms with E-state index in [-0.39, 0.29) is 0 Å². The average molecular weight is 268 g/mol. The highest BCUT2D eigenvalue weighted by molar-refractivity contribution is 4.69. The molecule has 2 heteroatoms. The zero-order chi connectivity index (χ0) is 13.9. The maximum absolute atomic E-state index is 3.57. The van der Waals surface area contributed by atoms with Gasteiger partial charge >= 0.3 is 0 Å². The molecular formula is C17H36N2. The minimum absolute atomic E-state index is 0.698. The predicted octanol–water partition coefficient (Wildman–Crippen LogP) is 4.06. The van der Waals surface area contributed by atoms with Crippen molar-refractivity contribution in [1.29, 1.82) is 0 Å². The lowest BCUT2D eigenvalue weighted by atomic mass is 9.89. The molecule has 0 saturated heterocycles. The number of hydrogen-bond donors (Lipinski definition) is 1. The third-order valence-corrected chi connectivity index (χ3v) is 4.46. The summed E-state index contributed by atoms with van der Waals surface area (Å²) in [6.07, 6.45) is 12.7. The summed E-state index contributed by atoms with van der Waals surface area (Å²) in [5.74, 6) is 0.990. The maximum Gasteiger partial charge on any atom is 0.00387 e. The summed E-state index contributed by atoms with van der Waals surface area (Å²) in [5.41, 5.74) is 0. The van der Waals surface area contributed by atoms with Gasteiger partial charge in [0.2, 0.25) is 0 Å². The van der Waals surface area contributed by atoms with Gasteiger partial charge in [0.15, 0.2) is 0 Å². The fraction of sp³-hybridized carbons (Fsp3) is 1.00. The molecule has 0 aromatic heterocycles. The third-order valence-electron chi connectivity index (χ3n) is 4.46. The Morgan fingerprint density at radius 2 is 1.89 bits per heavy atom. The Morgan fingerprint density at radius 3 is 2.58 bits per heavy atom. The Bertz CT molecular complexity index is 199. The molecule has 114 valence electrons. The molecule has 0 spiro atoms. The van der Waals surface area contributed by atoms with E-state index in [0.717, 1.165) is 5.92 Å². The van der Waals surface area contributed by atoms with Crippen molar-refractivity contribution in [2.75, 3.05) is 26.7 Å². The number of nitrogens with one attached hydrogen (secondary N) is 1. The van der Waals surface area contributed by atoms with Gasteiger partial charge in [-0.2, -0.15) is 0 Å². The van der Waals surface area contributed by atoms with Gasteiger partial charge < -0.3 is 10.2 Å². The molecule has 1 N–H and O–H groups in total. The molecule has 1 saturated carbocycles. The summed E-state index contributed by atoms with van der Waals surface area (Å²) in [6, 6.07) is 0.698. The standard InChI is InChI=1S/C17H36N2/c1-4-13-18-16(2)10-8-9-14-19(3)15-17-11-6-5-7-12-17/h16-18H,4-15H2,1-3H3. The average Bonchev–Trinajstić information content (AvgIpc) is 2.42. The van der Waals surface area contributed by atoms with Crippen molar-refractivity contribution in [2.24, 2.45) is 5.92 Å². The first-order chi connectivity index (χ1) is 9.22. The molecule has 1 aliphatic rings. The number of hydrogen-bond acceptors (Lipinski definition) is 2. The van der Waals surface area contributed by atoms with E-state index in [1.54, 1.807) is 0 Å². The van der Waals surface area contributed by atoms with Crippen molar-refractivity contribution in [2.45, 2.75) is 77.7 Å². The van der Waals surface area contributed by atoms with Gasteiger partial charge in [-0.05, 0) is 65.1 Å². The van der Waals surface area contributed by atoms with Crippen molar-refractivity contribution in [3.63, 3.8) is 0 Å². The SMILES string of the molecule is CCCNC(C)CCCCN(C)CC1CCCCC1. The van der Waals surface area contributed by atoms with E-state index in [0.29, 0.717) is 6.04 Å². The van der Waals surface area contributed by atoms with Crippen LogP contribution in [-0.2, 0) is 0 Å². The Kier molecular flexibility index (Phi) is 9.54. The lowest BCUT2D eigenvalue weighted by molar-refractivity contribution is 0.229. The van der Waals surface area contributed by atoms with E-state index >= 15 is 0 Å². The molecular weight excluding hydrogens is 232 g/mol. The van der Waals surface area contributed by atoms with Crippen molar-refractivity contribution in [1.82, 2.24) is 10.2 Å². The summed E-state index contributed by atoms with van der Waals surface area (Å²) in [4.78, 5) is 2.57. The lowest BCUT2D eigenvalue weighted by Crippen LogP contribution is -2.29. The monoisotopic (exact) mass is 268 g/mol. The second kappa shape index (κ2) is 10.7.